The molecule has 0 radical (unpaired) electrons. The molecule has 0 aliphatic rings. The zero-order valence-corrected chi connectivity index (χ0v) is 11.0. The average molecular weight is 268 g/mol. The summed E-state index contributed by atoms with van der Waals surface area (Å²) in [6.45, 7) is -0.169. The Kier molecular flexibility index (Phi) is 5.09. The zero-order valence-electron chi connectivity index (χ0n) is 11.0. The van der Waals surface area contributed by atoms with Gasteiger partial charge in [-0.2, -0.15) is 0 Å². The van der Waals surface area contributed by atoms with Gasteiger partial charge in [-0.05, 0) is 16.7 Å². The van der Waals surface area contributed by atoms with Crippen molar-refractivity contribution in [1.82, 2.24) is 0 Å². The number of aliphatic hydroxyl groups is 1. The van der Waals surface area contributed by atoms with Crippen LogP contribution in [0.15, 0.2) is 66.7 Å². The molecule has 0 spiro atoms. The largest absolute Gasteiger partial charge is 0.460 e. The van der Waals surface area contributed by atoms with Crippen LogP contribution in [0, 0.1) is 0 Å². The molecule has 3 heteroatoms. The first kappa shape index (κ1) is 14.0. The minimum atomic E-state index is -0.457. The van der Waals surface area contributed by atoms with Gasteiger partial charge in [-0.1, -0.05) is 60.7 Å². The highest BCUT2D eigenvalue weighted by molar-refractivity contribution is 5.96. The van der Waals surface area contributed by atoms with Crippen LogP contribution >= 0.6 is 0 Å². The van der Waals surface area contributed by atoms with Gasteiger partial charge < -0.3 is 9.84 Å². The SMILES string of the molecule is O=C(C=C(c1ccccc1)c1ccccc1)OCCO. The number of rotatable bonds is 5. The number of hydrogen-bond acceptors (Lipinski definition) is 3. The van der Waals surface area contributed by atoms with Crippen LogP contribution < -0.4 is 0 Å². The van der Waals surface area contributed by atoms with E-state index in [-0.39, 0.29) is 13.2 Å². The number of hydrogen-bond donors (Lipinski definition) is 1. The highest BCUT2D eigenvalue weighted by Gasteiger charge is 2.07. The molecule has 0 atom stereocenters. The van der Waals surface area contributed by atoms with Crippen molar-refractivity contribution in [2.75, 3.05) is 13.2 Å². The molecule has 0 saturated carbocycles. The number of benzene rings is 2. The summed E-state index contributed by atoms with van der Waals surface area (Å²) in [5.74, 6) is -0.457. The van der Waals surface area contributed by atoms with Crippen molar-refractivity contribution >= 4 is 11.5 Å². The van der Waals surface area contributed by atoms with E-state index in [4.69, 9.17) is 9.84 Å². The minimum absolute atomic E-state index is 0.00614. The maximum absolute atomic E-state index is 11.7. The normalized spacial score (nSPS) is 9.85. The summed E-state index contributed by atoms with van der Waals surface area (Å²) < 4.78 is 4.90. The topological polar surface area (TPSA) is 46.5 Å². The number of carbonyl (C=O) groups excluding carboxylic acids is 1. The molecule has 0 aliphatic heterocycles. The minimum Gasteiger partial charge on any atom is -0.460 e. The second kappa shape index (κ2) is 7.26. The van der Waals surface area contributed by atoms with Gasteiger partial charge in [0.05, 0.1) is 6.61 Å². The Hall–Kier alpha value is -2.39. The first-order valence-electron chi connectivity index (χ1n) is 6.41. The van der Waals surface area contributed by atoms with Gasteiger partial charge in [-0.3, -0.25) is 0 Å². The van der Waals surface area contributed by atoms with Crippen LogP contribution in [0.5, 0.6) is 0 Å². The molecular weight excluding hydrogens is 252 g/mol. The van der Waals surface area contributed by atoms with E-state index in [1.54, 1.807) is 0 Å². The molecule has 0 saturated heterocycles. The third-order valence-electron chi connectivity index (χ3n) is 2.77. The van der Waals surface area contributed by atoms with E-state index in [0.717, 1.165) is 16.7 Å². The molecule has 0 amide bonds. The van der Waals surface area contributed by atoms with Gasteiger partial charge in [0.25, 0.3) is 0 Å². The summed E-state index contributed by atoms with van der Waals surface area (Å²) in [4.78, 5) is 11.7. The molecule has 1 N–H and O–H groups in total. The smallest absolute Gasteiger partial charge is 0.331 e. The van der Waals surface area contributed by atoms with E-state index < -0.39 is 5.97 Å². The Balaban J connectivity index is 2.35. The lowest BCUT2D eigenvalue weighted by Gasteiger charge is -2.08. The van der Waals surface area contributed by atoms with Crippen molar-refractivity contribution in [3.63, 3.8) is 0 Å². The molecule has 0 heterocycles. The Bertz CT molecular complexity index is 532. The van der Waals surface area contributed by atoms with Crippen LogP contribution in [0.3, 0.4) is 0 Å². The van der Waals surface area contributed by atoms with Crippen molar-refractivity contribution < 1.29 is 14.6 Å². The number of esters is 1. The first-order chi connectivity index (χ1) is 9.81. The van der Waals surface area contributed by atoms with E-state index in [2.05, 4.69) is 0 Å². The lowest BCUT2D eigenvalue weighted by molar-refractivity contribution is -0.138. The highest BCUT2D eigenvalue weighted by atomic mass is 16.5. The molecule has 2 aromatic rings. The van der Waals surface area contributed by atoms with Crippen molar-refractivity contribution in [3.05, 3.63) is 77.9 Å². The fourth-order valence-electron chi connectivity index (χ4n) is 1.87. The van der Waals surface area contributed by atoms with Crippen molar-refractivity contribution in [2.45, 2.75) is 0 Å². The Morgan fingerprint density at radius 2 is 1.45 bits per heavy atom. The summed E-state index contributed by atoms with van der Waals surface area (Å²) in [6, 6.07) is 19.3. The summed E-state index contributed by atoms with van der Waals surface area (Å²) in [5.41, 5.74) is 2.69. The third-order valence-corrected chi connectivity index (χ3v) is 2.77. The molecule has 3 nitrogen and oxygen atoms in total. The average Bonchev–Trinajstić information content (AvgIpc) is 2.52. The molecule has 102 valence electrons. The van der Waals surface area contributed by atoms with Crippen molar-refractivity contribution in [2.24, 2.45) is 0 Å². The molecular formula is C17H16O3. The number of carbonyl (C=O) groups is 1. The van der Waals surface area contributed by atoms with Crippen LogP contribution in [-0.4, -0.2) is 24.3 Å². The molecule has 0 fully saturated rings. The van der Waals surface area contributed by atoms with Gasteiger partial charge in [0.2, 0.25) is 0 Å². The van der Waals surface area contributed by atoms with Crippen LogP contribution in [-0.2, 0) is 9.53 Å². The molecule has 0 unspecified atom stereocenters. The van der Waals surface area contributed by atoms with Gasteiger partial charge in [0.15, 0.2) is 0 Å². The maximum Gasteiger partial charge on any atom is 0.331 e. The lowest BCUT2D eigenvalue weighted by atomic mass is 9.98. The number of aliphatic hydroxyl groups excluding tert-OH is 1. The van der Waals surface area contributed by atoms with Crippen LogP contribution in [0.2, 0.25) is 0 Å². The Labute approximate surface area is 118 Å². The predicted molar refractivity (Wildman–Crippen MR) is 78.0 cm³/mol. The van der Waals surface area contributed by atoms with Crippen molar-refractivity contribution in [1.29, 1.82) is 0 Å². The van der Waals surface area contributed by atoms with Gasteiger partial charge in [0, 0.05) is 6.08 Å². The zero-order chi connectivity index (χ0) is 14.2. The third kappa shape index (κ3) is 3.80. The van der Waals surface area contributed by atoms with Crippen LogP contribution in [0.4, 0.5) is 0 Å². The summed E-state index contributed by atoms with van der Waals surface area (Å²) in [6.07, 6.45) is 1.46. The molecule has 20 heavy (non-hydrogen) atoms. The quantitative estimate of drug-likeness (QED) is 0.670. The molecule has 0 bridgehead atoms. The van der Waals surface area contributed by atoms with E-state index in [1.807, 2.05) is 60.7 Å². The van der Waals surface area contributed by atoms with Gasteiger partial charge >= 0.3 is 5.97 Å². The second-order valence-corrected chi connectivity index (χ2v) is 4.18. The van der Waals surface area contributed by atoms with E-state index in [0.29, 0.717) is 0 Å². The van der Waals surface area contributed by atoms with Crippen molar-refractivity contribution in [3.8, 4) is 0 Å². The van der Waals surface area contributed by atoms with Gasteiger partial charge in [0.1, 0.15) is 6.61 Å². The Morgan fingerprint density at radius 3 is 1.90 bits per heavy atom. The van der Waals surface area contributed by atoms with Gasteiger partial charge in [-0.15, -0.1) is 0 Å². The molecule has 2 rings (SSSR count). The number of ether oxygens (including phenoxy) is 1. The monoisotopic (exact) mass is 268 g/mol. The van der Waals surface area contributed by atoms with Crippen LogP contribution in [0.1, 0.15) is 11.1 Å². The highest BCUT2D eigenvalue weighted by Crippen LogP contribution is 2.23. The lowest BCUT2D eigenvalue weighted by Crippen LogP contribution is -2.06. The summed E-state index contributed by atoms with van der Waals surface area (Å²) >= 11 is 0. The predicted octanol–water partition coefficient (Wildman–Crippen LogP) is 2.65. The summed E-state index contributed by atoms with van der Waals surface area (Å²) in [5, 5.41) is 8.69. The Morgan fingerprint density at radius 1 is 0.950 bits per heavy atom. The van der Waals surface area contributed by atoms with E-state index in [1.165, 1.54) is 6.08 Å². The fourth-order valence-corrected chi connectivity index (χ4v) is 1.87. The fraction of sp³-hybridized carbons (Fsp3) is 0.118. The standard InChI is InChI=1S/C17H16O3/c18-11-12-20-17(19)13-16(14-7-3-1-4-8-14)15-9-5-2-6-10-15/h1-10,13,18H,11-12H2. The first-order valence-corrected chi connectivity index (χ1v) is 6.41. The van der Waals surface area contributed by atoms with E-state index in [9.17, 15) is 4.79 Å². The molecule has 2 aromatic carbocycles. The summed E-state index contributed by atoms with van der Waals surface area (Å²) in [7, 11) is 0. The van der Waals surface area contributed by atoms with Crippen LogP contribution in [0.25, 0.3) is 5.57 Å². The van der Waals surface area contributed by atoms with E-state index >= 15 is 0 Å². The second-order valence-electron chi connectivity index (χ2n) is 4.18. The molecule has 0 aromatic heterocycles. The van der Waals surface area contributed by atoms with Gasteiger partial charge in [-0.25, -0.2) is 4.79 Å². The maximum atomic E-state index is 11.7. The molecule has 0 aliphatic carbocycles.